The van der Waals surface area contributed by atoms with Gasteiger partial charge in [-0.25, -0.2) is 0 Å². The zero-order chi connectivity index (χ0) is 51.1. The number of para-hydroxylation sites is 2. The summed E-state index contributed by atoms with van der Waals surface area (Å²) in [5.41, 5.74) is 26.0. The quantitative estimate of drug-likeness (QED) is 0.151. The van der Waals surface area contributed by atoms with Gasteiger partial charge in [0, 0.05) is 72.2 Å². The van der Waals surface area contributed by atoms with Crippen LogP contribution < -0.4 is 20.4 Å². The van der Waals surface area contributed by atoms with Crippen molar-refractivity contribution in [2.24, 2.45) is 0 Å². The maximum absolute atomic E-state index is 2.76. The Balaban J connectivity index is 1.08. The molecule has 0 fully saturated rings. The smallest absolute Gasteiger partial charge is 0.0715 e. The highest BCUT2D eigenvalue weighted by Crippen LogP contribution is 2.57. The molecule has 4 heterocycles. The van der Waals surface area contributed by atoms with Crippen LogP contribution >= 0.6 is 0 Å². The normalized spacial score (nSPS) is 14.9. The van der Waals surface area contributed by atoms with Crippen LogP contribution in [0.15, 0.2) is 218 Å². The minimum absolute atomic E-state index is 0.000624. The molecular formula is C72H56N4. The molecule has 4 nitrogen and oxygen atoms in total. The van der Waals surface area contributed by atoms with Crippen molar-refractivity contribution in [3.8, 4) is 0 Å². The van der Waals surface area contributed by atoms with Crippen molar-refractivity contribution in [1.29, 1.82) is 0 Å². The predicted octanol–water partition coefficient (Wildman–Crippen LogP) is 17.3. The summed E-state index contributed by atoms with van der Waals surface area (Å²) in [7, 11) is 0. The molecule has 0 radical (unpaired) electrons. The SMILES string of the molecule is Cc1ccc(N(c2ccc3c4cccc5c4n(c3c2)C2C(c3ccccc3)=c3c(n4c6cc(N(c7ccc(C)cc7)c7cc(C)ccc7C)ccc6c6cccc3c64)=C(c3ccccc3)C52)c2cc(C)ccc2C)cc1. The molecule has 10 aromatic carbocycles. The second-order valence-electron chi connectivity index (χ2n) is 21.7. The maximum atomic E-state index is 2.76. The van der Waals surface area contributed by atoms with Crippen molar-refractivity contribution in [1.82, 2.24) is 8.97 Å². The van der Waals surface area contributed by atoms with Gasteiger partial charge in [0.25, 0.3) is 0 Å². The molecule has 4 heteroatoms. The van der Waals surface area contributed by atoms with Gasteiger partial charge < -0.3 is 18.8 Å². The Bertz CT molecular complexity index is 4640. The summed E-state index contributed by atoms with van der Waals surface area (Å²) in [5, 5.41) is 8.99. The van der Waals surface area contributed by atoms with E-state index in [0.717, 1.165) is 22.7 Å². The Kier molecular flexibility index (Phi) is 9.75. The van der Waals surface area contributed by atoms with Gasteiger partial charge in [0.15, 0.2) is 0 Å². The third-order valence-electron chi connectivity index (χ3n) is 16.9. The monoisotopic (exact) mass is 976 g/mol. The van der Waals surface area contributed by atoms with Gasteiger partial charge in [0.2, 0.25) is 0 Å². The summed E-state index contributed by atoms with van der Waals surface area (Å²) >= 11 is 0. The van der Waals surface area contributed by atoms with E-state index in [2.05, 4.69) is 279 Å². The van der Waals surface area contributed by atoms with E-state index in [1.165, 1.54) is 132 Å². The number of anilines is 6. The molecule has 1 aliphatic carbocycles. The standard InChI is InChI=1S/C72H56N4/c1-43-25-31-51(32-26-43)73(61-39-45(3)23-29-47(61)5)53-35-37-55-57-19-13-21-59-67-66(50-17-11-8-12-18-50)72-68(65(49-15-9-7-10-16-49)71(67)75(69(57)59)63(55)41-53)60-22-14-20-58-56-38-36-54(42-64(56)76(72)70(58)60)74(52-33-27-44(2)28-34-52)62-40-46(4)24-30-48(62)6/h7-42,67,71H,1-6H3. The fourth-order valence-corrected chi connectivity index (χ4v) is 13.4. The van der Waals surface area contributed by atoms with Gasteiger partial charge in [0.05, 0.1) is 33.5 Å². The summed E-state index contributed by atoms with van der Waals surface area (Å²) in [5.74, 6) is -0.000624. The van der Waals surface area contributed by atoms with Crippen molar-refractivity contribution >= 4 is 94.3 Å². The largest absolute Gasteiger partial charge is 0.331 e. The molecule has 1 aliphatic heterocycles. The van der Waals surface area contributed by atoms with Crippen LogP contribution in [0, 0.1) is 41.5 Å². The van der Waals surface area contributed by atoms with Gasteiger partial charge in [-0.1, -0.05) is 169 Å². The van der Waals surface area contributed by atoms with Gasteiger partial charge in [0.1, 0.15) is 0 Å². The van der Waals surface area contributed by atoms with E-state index in [4.69, 9.17) is 0 Å². The molecule has 0 saturated heterocycles. The molecule has 2 aliphatic rings. The summed E-state index contributed by atoms with van der Waals surface area (Å²) in [6.07, 6.45) is 0. The second kappa shape index (κ2) is 16.7. The van der Waals surface area contributed by atoms with Crippen molar-refractivity contribution in [3.05, 3.63) is 279 Å². The number of hydrogen-bond acceptors (Lipinski definition) is 2. The van der Waals surface area contributed by atoms with Gasteiger partial charge >= 0.3 is 0 Å². The summed E-state index contributed by atoms with van der Waals surface area (Å²) in [4.78, 5) is 4.93. The average Bonchev–Trinajstić information content (AvgIpc) is 4.32. The minimum Gasteiger partial charge on any atom is -0.331 e. The molecule has 13 aromatic rings. The Labute approximate surface area is 443 Å². The van der Waals surface area contributed by atoms with Crippen LogP contribution in [0.3, 0.4) is 0 Å². The number of fused-ring (bicyclic) bond motifs is 12. The summed E-state index contributed by atoms with van der Waals surface area (Å²) < 4.78 is 5.43. The van der Waals surface area contributed by atoms with E-state index >= 15 is 0 Å². The highest BCUT2D eigenvalue weighted by Gasteiger charge is 2.45. The first-order valence-electron chi connectivity index (χ1n) is 26.8. The van der Waals surface area contributed by atoms with Crippen LogP contribution in [0.5, 0.6) is 0 Å². The van der Waals surface area contributed by atoms with Crippen molar-refractivity contribution in [2.75, 3.05) is 9.80 Å². The number of benzene rings is 10. The van der Waals surface area contributed by atoms with Gasteiger partial charge in [-0.15, -0.1) is 0 Å². The Morgan fingerprint density at radius 2 is 0.829 bits per heavy atom. The first-order valence-corrected chi connectivity index (χ1v) is 26.8. The molecule has 2 atom stereocenters. The van der Waals surface area contributed by atoms with Crippen LogP contribution in [0.4, 0.5) is 34.1 Å². The molecule has 0 bridgehead atoms. The van der Waals surface area contributed by atoms with Gasteiger partial charge in [-0.2, -0.15) is 0 Å². The predicted molar refractivity (Wildman–Crippen MR) is 320 cm³/mol. The molecule has 76 heavy (non-hydrogen) atoms. The fourth-order valence-electron chi connectivity index (χ4n) is 13.4. The molecule has 0 amide bonds. The third-order valence-corrected chi connectivity index (χ3v) is 16.9. The molecule has 2 unspecified atom stereocenters. The molecule has 3 aromatic heterocycles. The van der Waals surface area contributed by atoms with E-state index in [9.17, 15) is 0 Å². The molecule has 0 saturated carbocycles. The van der Waals surface area contributed by atoms with Crippen molar-refractivity contribution in [2.45, 2.75) is 53.5 Å². The van der Waals surface area contributed by atoms with E-state index in [1.807, 2.05) is 0 Å². The number of aryl methyl sites for hydroxylation is 6. The Hall–Kier alpha value is -9.12. The lowest BCUT2D eigenvalue weighted by atomic mass is 9.74. The number of hydrogen-bond donors (Lipinski definition) is 0. The first kappa shape index (κ1) is 44.4. The molecule has 15 rings (SSSR count). The van der Waals surface area contributed by atoms with E-state index in [1.54, 1.807) is 0 Å². The van der Waals surface area contributed by atoms with E-state index in [0.29, 0.717) is 0 Å². The Morgan fingerprint density at radius 3 is 1.41 bits per heavy atom. The molecule has 0 spiro atoms. The van der Waals surface area contributed by atoms with Crippen LogP contribution in [0.25, 0.3) is 60.1 Å². The topological polar surface area (TPSA) is 15.8 Å². The molecule has 0 N–H and O–H groups in total. The van der Waals surface area contributed by atoms with Gasteiger partial charge in [-0.05, 0) is 152 Å². The lowest BCUT2D eigenvalue weighted by Crippen LogP contribution is -2.40. The number of aromatic nitrogens is 2. The van der Waals surface area contributed by atoms with Crippen LogP contribution in [0.2, 0.25) is 0 Å². The van der Waals surface area contributed by atoms with Crippen LogP contribution in [-0.2, 0) is 0 Å². The lowest BCUT2D eigenvalue weighted by molar-refractivity contribution is 0.636. The summed E-state index contributed by atoms with van der Waals surface area (Å²) in [6, 6.07) is 82.8. The maximum Gasteiger partial charge on any atom is 0.0715 e. The Morgan fingerprint density at radius 1 is 0.355 bits per heavy atom. The molecule has 364 valence electrons. The second-order valence-corrected chi connectivity index (χ2v) is 21.7. The van der Waals surface area contributed by atoms with E-state index in [-0.39, 0.29) is 12.0 Å². The van der Waals surface area contributed by atoms with Gasteiger partial charge in [-0.3, -0.25) is 0 Å². The number of nitrogens with zero attached hydrogens (tertiary/aromatic N) is 4. The van der Waals surface area contributed by atoms with Crippen LogP contribution in [-0.4, -0.2) is 8.97 Å². The van der Waals surface area contributed by atoms with E-state index < -0.39 is 0 Å². The average molecular weight is 977 g/mol. The lowest BCUT2D eigenvalue weighted by Gasteiger charge is -2.32. The first-order chi connectivity index (χ1) is 37.2. The molecular weight excluding hydrogens is 921 g/mol. The fraction of sp³-hybridized carbons (Fsp3) is 0.111. The highest BCUT2D eigenvalue weighted by atomic mass is 15.2. The summed E-state index contributed by atoms with van der Waals surface area (Å²) in [6.45, 7) is 13.2. The minimum atomic E-state index is -0.0550. The highest BCUT2D eigenvalue weighted by molar-refractivity contribution is 6.17. The van der Waals surface area contributed by atoms with Crippen LogP contribution in [0.1, 0.15) is 62.0 Å². The van der Waals surface area contributed by atoms with Crippen molar-refractivity contribution < 1.29 is 0 Å². The van der Waals surface area contributed by atoms with Crippen molar-refractivity contribution in [3.63, 3.8) is 0 Å². The zero-order valence-corrected chi connectivity index (χ0v) is 43.7. The third kappa shape index (κ3) is 6.43. The zero-order valence-electron chi connectivity index (χ0n) is 43.7. The number of rotatable bonds is 8.